The summed E-state index contributed by atoms with van der Waals surface area (Å²) >= 11 is 0. The van der Waals surface area contributed by atoms with Crippen LogP contribution in [0, 0.1) is 12.3 Å². The first-order valence-electron chi connectivity index (χ1n) is 7.52. The fourth-order valence-electron chi connectivity index (χ4n) is 3.00. The van der Waals surface area contributed by atoms with Gasteiger partial charge in [-0.25, -0.2) is 0 Å². The minimum Gasteiger partial charge on any atom is -0.382 e. The molecule has 0 spiro atoms. The van der Waals surface area contributed by atoms with Crippen molar-refractivity contribution in [3.63, 3.8) is 0 Å². The predicted molar refractivity (Wildman–Crippen MR) is 86.7 cm³/mol. The van der Waals surface area contributed by atoms with Crippen LogP contribution in [0.25, 0.3) is 0 Å². The highest BCUT2D eigenvalue weighted by atomic mass is 16.5. The standard InChI is InChI=1S/C17H28N2O/c1-7-20-16-11-15(17(16,3)4)18-13-9-8-12(2)14(10-13)19(5)6/h8-10,15-16,18H,7,11H2,1-6H3. The van der Waals surface area contributed by atoms with E-state index < -0.39 is 0 Å². The molecule has 3 nitrogen and oxygen atoms in total. The van der Waals surface area contributed by atoms with Crippen LogP contribution in [0.1, 0.15) is 32.8 Å². The summed E-state index contributed by atoms with van der Waals surface area (Å²) in [5.74, 6) is 0. The van der Waals surface area contributed by atoms with Crippen molar-refractivity contribution in [2.45, 2.75) is 46.3 Å². The molecule has 0 aromatic heterocycles. The monoisotopic (exact) mass is 276 g/mol. The van der Waals surface area contributed by atoms with Crippen LogP contribution >= 0.6 is 0 Å². The minimum atomic E-state index is 0.194. The molecule has 0 bridgehead atoms. The number of aryl methyl sites for hydroxylation is 1. The Labute approximate surface area is 123 Å². The van der Waals surface area contributed by atoms with E-state index in [4.69, 9.17) is 4.74 Å². The number of anilines is 2. The van der Waals surface area contributed by atoms with Gasteiger partial charge in [0.25, 0.3) is 0 Å². The zero-order valence-corrected chi connectivity index (χ0v) is 13.7. The number of hydrogen-bond acceptors (Lipinski definition) is 3. The number of nitrogens with zero attached hydrogens (tertiary/aromatic N) is 1. The molecule has 0 saturated heterocycles. The molecule has 0 radical (unpaired) electrons. The second-order valence-electron chi connectivity index (χ2n) is 6.59. The van der Waals surface area contributed by atoms with Crippen LogP contribution < -0.4 is 10.2 Å². The first-order valence-corrected chi connectivity index (χ1v) is 7.52. The molecule has 1 aromatic rings. The molecule has 1 N–H and O–H groups in total. The Hall–Kier alpha value is -1.22. The highest BCUT2D eigenvalue weighted by Gasteiger charge is 2.48. The first-order chi connectivity index (χ1) is 9.36. The molecule has 3 heteroatoms. The lowest BCUT2D eigenvalue weighted by Crippen LogP contribution is -2.58. The van der Waals surface area contributed by atoms with E-state index in [0.29, 0.717) is 12.1 Å². The number of ether oxygens (including phenoxy) is 1. The second kappa shape index (κ2) is 5.65. The Morgan fingerprint density at radius 2 is 2.05 bits per heavy atom. The van der Waals surface area contributed by atoms with E-state index in [0.717, 1.165) is 13.0 Å². The van der Waals surface area contributed by atoms with E-state index in [-0.39, 0.29) is 5.41 Å². The minimum absolute atomic E-state index is 0.194. The van der Waals surface area contributed by atoms with Gasteiger partial charge in [0.05, 0.1) is 6.10 Å². The van der Waals surface area contributed by atoms with Crippen molar-refractivity contribution in [1.82, 2.24) is 0 Å². The predicted octanol–water partition coefficient (Wildman–Crippen LogP) is 3.68. The quantitative estimate of drug-likeness (QED) is 0.888. The molecule has 1 aliphatic carbocycles. The lowest BCUT2D eigenvalue weighted by atomic mass is 9.64. The van der Waals surface area contributed by atoms with Crippen LogP contribution in [0.4, 0.5) is 11.4 Å². The molecule has 20 heavy (non-hydrogen) atoms. The van der Waals surface area contributed by atoms with Gasteiger partial charge < -0.3 is 15.0 Å². The third-order valence-electron chi connectivity index (χ3n) is 4.58. The van der Waals surface area contributed by atoms with Crippen LogP contribution in [0.2, 0.25) is 0 Å². The van der Waals surface area contributed by atoms with E-state index in [9.17, 15) is 0 Å². The van der Waals surface area contributed by atoms with Crippen molar-refractivity contribution in [2.75, 3.05) is 30.9 Å². The third kappa shape index (κ3) is 2.78. The van der Waals surface area contributed by atoms with Crippen molar-refractivity contribution >= 4 is 11.4 Å². The smallest absolute Gasteiger partial charge is 0.0665 e. The summed E-state index contributed by atoms with van der Waals surface area (Å²) < 4.78 is 5.79. The molecular formula is C17H28N2O. The highest BCUT2D eigenvalue weighted by Crippen LogP contribution is 2.44. The van der Waals surface area contributed by atoms with Gasteiger partial charge in [0.15, 0.2) is 0 Å². The molecule has 1 aromatic carbocycles. The number of nitrogens with one attached hydrogen (secondary N) is 1. The Morgan fingerprint density at radius 1 is 1.35 bits per heavy atom. The third-order valence-corrected chi connectivity index (χ3v) is 4.58. The molecule has 0 heterocycles. The number of benzene rings is 1. The molecule has 2 unspecified atom stereocenters. The topological polar surface area (TPSA) is 24.5 Å². The van der Waals surface area contributed by atoms with Crippen LogP contribution in [0.5, 0.6) is 0 Å². The zero-order valence-electron chi connectivity index (χ0n) is 13.7. The van der Waals surface area contributed by atoms with Gasteiger partial charge >= 0.3 is 0 Å². The van der Waals surface area contributed by atoms with Gasteiger partial charge in [-0.3, -0.25) is 0 Å². The summed E-state index contributed by atoms with van der Waals surface area (Å²) in [4.78, 5) is 2.16. The van der Waals surface area contributed by atoms with Gasteiger partial charge in [0, 0.05) is 43.5 Å². The van der Waals surface area contributed by atoms with E-state index in [1.165, 1.54) is 16.9 Å². The average molecular weight is 276 g/mol. The summed E-state index contributed by atoms with van der Waals surface area (Å²) in [6, 6.07) is 7.08. The maximum atomic E-state index is 5.79. The molecular weight excluding hydrogens is 248 g/mol. The van der Waals surface area contributed by atoms with Crippen molar-refractivity contribution in [3.05, 3.63) is 23.8 Å². The van der Waals surface area contributed by atoms with E-state index in [2.05, 4.69) is 70.2 Å². The van der Waals surface area contributed by atoms with Crippen LogP contribution in [0.3, 0.4) is 0 Å². The molecule has 1 aliphatic rings. The summed E-state index contributed by atoms with van der Waals surface area (Å²) in [5, 5.41) is 3.67. The molecule has 2 atom stereocenters. The van der Waals surface area contributed by atoms with Crippen LogP contribution in [-0.4, -0.2) is 32.8 Å². The lowest BCUT2D eigenvalue weighted by molar-refractivity contribution is -0.0975. The largest absolute Gasteiger partial charge is 0.382 e. The average Bonchev–Trinajstić information content (AvgIpc) is 2.39. The summed E-state index contributed by atoms with van der Waals surface area (Å²) in [6.45, 7) is 9.60. The van der Waals surface area contributed by atoms with Crippen molar-refractivity contribution in [1.29, 1.82) is 0 Å². The molecule has 112 valence electrons. The fourth-order valence-corrected chi connectivity index (χ4v) is 3.00. The maximum Gasteiger partial charge on any atom is 0.0665 e. The molecule has 2 rings (SSSR count). The number of rotatable bonds is 5. The summed E-state index contributed by atoms with van der Waals surface area (Å²) in [7, 11) is 4.18. The van der Waals surface area contributed by atoms with E-state index in [1.54, 1.807) is 0 Å². The SMILES string of the molecule is CCOC1CC(Nc2ccc(C)c(N(C)C)c2)C1(C)C. The maximum absolute atomic E-state index is 5.79. The normalized spacial score (nSPS) is 24.1. The van der Waals surface area contributed by atoms with Crippen LogP contribution in [0.15, 0.2) is 18.2 Å². The summed E-state index contributed by atoms with van der Waals surface area (Å²) in [6.07, 6.45) is 1.47. The molecule has 0 aliphatic heterocycles. The summed E-state index contributed by atoms with van der Waals surface area (Å²) in [5.41, 5.74) is 3.97. The molecule has 1 saturated carbocycles. The fraction of sp³-hybridized carbons (Fsp3) is 0.647. The Balaban J connectivity index is 2.07. The van der Waals surface area contributed by atoms with Gasteiger partial charge in [0.2, 0.25) is 0 Å². The van der Waals surface area contributed by atoms with Gasteiger partial charge in [0.1, 0.15) is 0 Å². The first kappa shape index (κ1) is 15.2. The van der Waals surface area contributed by atoms with E-state index >= 15 is 0 Å². The van der Waals surface area contributed by atoms with Gasteiger partial charge in [-0.15, -0.1) is 0 Å². The van der Waals surface area contributed by atoms with Gasteiger partial charge in [-0.05, 0) is 38.0 Å². The lowest BCUT2D eigenvalue weighted by Gasteiger charge is -2.52. The Bertz CT molecular complexity index is 468. The Kier molecular flexibility index (Phi) is 4.28. The van der Waals surface area contributed by atoms with E-state index in [1.807, 2.05) is 0 Å². The van der Waals surface area contributed by atoms with Crippen molar-refractivity contribution in [2.24, 2.45) is 5.41 Å². The molecule has 0 amide bonds. The highest BCUT2D eigenvalue weighted by molar-refractivity contribution is 5.62. The van der Waals surface area contributed by atoms with Gasteiger partial charge in [-0.2, -0.15) is 0 Å². The Morgan fingerprint density at radius 3 is 2.60 bits per heavy atom. The zero-order chi connectivity index (χ0) is 14.9. The van der Waals surface area contributed by atoms with Crippen molar-refractivity contribution in [3.8, 4) is 0 Å². The van der Waals surface area contributed by atoms with Crippen molar-refractivity contribution < 1.29 is 4.74 Å². The number of hydrogen-bond donors (Lipinski definition) is 1. The second-order valence-corrected chi connectivity index (χ2v) is 6.59. The van der Waals surface area contributed by atoms with Crippen LogP contribution in [-0.2, 0) is 4.74 Å². The molecule has 1 fully saturated rings. The van der Waals surface area contributed by atoms with Gasteiger partial charge in [-0.1, -0.05) is 19.9 Å².